The molecule has 0 radical (unpaired) electrons. The van der Waals surface area contributed by atoms with Gasteiger partial charge < -0.3 is 9.84 Å². The molecule has 1 amide bonds. The van der Waals surface area contributed by atoms with E-state index in [2.05, 4.69) is 4.98 Å². The Balaban J connectivity index is 1.89. The molecule has 0 saturated heterocycles. The number of Topliss-reactive ketones (excluding diaryl/α,β-unsaturated/α-hetero) is 1. The molecule has 0 fully saturated rings. The molecule has 1 unspecified atom stereocenters. The van der Waals surface area contributed by atoms with Gasteiger partial charge in [0.05, 0.1) is 39.2 Å². The van der Waals surface area contributed by atoms with E-state index >= 15 is 0 Å². The second-order valence-corrected chi connectivity index (χ2v) is 10.4. The maximum absolute atomic E-state index is 13.6. The maximum atomic E-state index is 13.6. The highest BCUT2D eigenvalue weighted by molar-refractivity contribution is 7.89. The van der Waals surface area contributed by atoms with Crippen molar-refractivity contribution in [1.82, 2.24) is 4.98 Å². The summed E-state index contributed by atoms with van der Waals surface area (Å²) in [5.74, 6) is -1.49. The minimum absolute atomic E-state index is 0.0967. The Kier molecular flexibility index (Phi) is 6.02. The van der Waals surface area contributed by atoms with E-state index in [4.69, 9.17) is 9.88 Å². The van der Waals surface area contributed by atoms with Gasteiger partial charge in [-0.2, -0.15) is 0 Å². The quantitative estimate of drug-likeness (QED) is 0.496. The van der Waals surface area contributed by atoms with E-state index in [1.165, 1.54) is 47.6 Å². The highest BCUT2D eigenvalue weighted by atomic mass is 32.2. The lowest BCUT2D eigenvalue weighted by molar-refractivity contribution is -0.117. The van der Waals surface area contributed by atoms with E-state index in [1.807, 2.05) is 0 Å². The molecule has 0 spiro atoms. The number of primary sulfonamides is 1. The number of amides is 1. The van der Waals surface area contributed by atoms with Crippen LogP contribution in [0.1, 0.15) is 32.0 Å². The Morgan fingerprint density at radius 2 is 1.85 bits per heavy atom. The number of anilines is 1. The number of ether oxygens (including phenoxy) is 1. The van der Waals surface area contributed by atoms with Crippen LogP contribution in [0.15, 0.2) is 64.8 Å². The summed E-state index contributed by atoms with van der Waals surface area (Å²) in [6, 6.07) is 11.1. The Labute approximate surface area is 200 Å². The molecule has 11 heteroatoms. The highest BCUT2D eigenvalue weighted by Crippen LogP contribution is 2.43. The summed E-state index contributed by atoms with van der Waals surface area (Å²) >= 11 is 1.18. The first-order chi connectivity index (χ1) is 16.0. The van der Waals surface area contributed by atoms with E-state index in [9.17, 15) is 23.1 Å². The SMILES string of the molecule is COc1cccc(C2C(C(=O)c3sc(C)nc3C)=C(O)C(=O)N2c2ccc(S(N)(=O)=O)cc2)c1. The van der Waals surface area contributed by atoms with Crippen LogP contribution in [-0.2, 0) is 14.8 Å². The Hall–Kier alpha value is -3.54. The van der Waals surface area contributed by atoms with Crippen LogP contribution in [0.2, 0.25) is 0 Å². The van der Waals surface area contributed by atoms with Gasteiger partial charge in [-0.25, -0.2) is 18.5 Å². The second-order valence-electron chi connectivity index (χ2n) is 7.63. The van der Waals surface area contributed by atoms with Crippen molar-refractivity contribution in [2.45, 2.75) is 24.8 Å². The number of aliphatic hydroxyl groups is 1. The molecule has 0 aliphatic carbocycles. The van der Waals surface area contributed by atoms with Crippen LogP contribution in [0, 0.1) is 13.8 Å². The second kappa shape index (κ2) is 8.67. The predicted octanol–water partition coefficient (Wildman–Crippen LogP) is 3.20. The Morgan fingerprint density at radius 3 is 2.41 bits per heavy atom. The number of carbonyl (C=O) groups excluding carboxylic acids is 2. The standard InChI is InChI=1S/C23H21N3O6S2/c1-12-22(33-13(2)25-12)20(27)18-19(14-5-4-6-16(11-14)32-3)26(23(29)21(18)28)15-7-9-17(10-8-15)34(24,30)31/h4-11,19,28H,1-3H3,(H2,24,30,31). The van der Waals surface area contributed by atoms with Gasteiger partial charge in [0.2, 0.25) is 15.8 Å². The number of hydrogen-bond donors (Lipinski definition) is 2. The number of aryl methyl sites for hydroxylation is 2. The van der Waals surface area contributed by atoms with Gasteiger partial charge in [0.15, 0.2) is 5.76 Å². The number of sulfonamides is 1. The number of nitrogens with zero attached hydrogens (tertiary/aromatic N) is 2. The molecule has 1 aliphatic heterocycles. The van der Waals surface area contributed by atoms with Gasteiger partial charge in [-0.15, -0.1) is 11.3 Å². The molecule has 2 heterocycles. The number of ketones is 1. The molecule has 34 heavy (non-hydrogen) atoms. The van der Waals surface area contributed by atoms with E-state index < -0.39 is 33.5 Å². The third-order valence-electron chi connectivity index (χ3n) is 5.42. The van der Waals surface area contributed by atoms with E-state index in [1.54, 1.807) is 38.1 Å². The van der Waals surface area contributed by atoms with Crippen molar-refractivity contribution in [1.29, 1.82) is 0 Å². The highest BCUT2D eigenvalue weighted by Gasteiger charge is 2.45. The summed E-state index contributed by atoms with van der Waals surface area (Å²) in [5, 5.41) is 16.7. The molecule has 0 bridgehead atoms. The van der Waals surface area contributed by atoms with E-state index in [-0.39, 0.29) is 16.2 Å². The van der Waals surface area contributed by atoms with Gasteiger partial charge in [-0.3, -0.25) is 14.5 Å². The summed E-state index contributed by atoms with van der Waals surface area (Å²) in [5.41, 5.74) is 1.20. The lowest BCUT2D eigenvalue weighted by Crippen LogP contribution is -2.31. The monoisotopic (exact) mass is 499 g/mol. The molecule has 3 aromatic rings. The number of aromatic nitrogens is 1. The van der Waals surface area contributed by atoms with Crippen molar-refractivity contribution in [2.24, 2.45) is 5.14 Å². The molecule has 2 aromatic carbocycles. The number of benzene rings is 2. The van der Waals surface area contributed by atoms with Crippen LogP contribution >= 0.6 is 11.3 Å². The number of aliphatic hydroxyl groups excluding tert-OH is 1. The van der Waals surface area contributed by atoms with Gasteiger partial charge in [-0.1, -0.05) is 12.1 Å². The van der Waals surface area contributed by atoms with Crippen molar-refractivity contribution in [3.05, 3.63) is 81.0 Å². The lowest BCUT2D eigenvalue weighted by atomic mass is 9.94. The first-order valence-electron chi connectivity index (χ1n) is 10.0. The average Bonchev–Trinajstić information content (AvgIpc) is 3.28. The summed E-state index contributed by atoms with van der Waals surface area (Å²) in [7, 11) is -2.45. The van der Waals surface area contributed by atoms with Gasteiger partial charge in [0, 0.05) is 5.69 Å². The lowest BCUT2D eigenvalue weighted by Gasteiger charge is -2.27. The minimum atomic E-state index is -3.94. The molecule has 4 rings (SSSR count). The van der Waals surface area contributed by atoms with E-state index in [0.29, 0.717) is 26.9 Å². The number of rotatable bonds is 6. The minimum Gasteiger partial charge on any atom is -0.503 e. The van der Waals surface area contributed by atoms with Crippen molar-refractivity contribution < 1.29 is 27.9 Å². The van der Waals surface area contributed by atoms with Crippen LogP contribution < -0.4 is 14.8 Å². The number of methoxy groups -OCH3 is 1. The van der Waals surface area contributed by atoms with Gasteiger partial charge in [0.25, 0.3) is 5.91 Å². The van der Waals surface area contributed by atoms with Gasteiger partial charge in [0.1, 0.15) is 5.75 Å². The van der Waals surface area contributed by atoms with Gasteiger partial charge in [-0.05, 0) is 55.8 Å². The summed E-state index contributed by atoms with van der Waals surface area (Å²) in [6.07, 6.45) is 0. The zero-order valence-corrected chi connectivity index (χ0v) is 20.1. The van der Waals surface area contributed by atoms with Crippen LogP contribution in [0.25, 0.3) is 0 Å². The molecule has 3 N–H and O–H groups in total. The summed E-state index contributed by atoms with van der Waals surface area (Å²) in [4.78, 5) is 32.5. The van der Waals surface area contributed by atoms with Gasteiger partial charge >= 0.3 is 0 Å². The Morgan fingerprint density at radius 1 is 1.18 bits per heavy atom. The molecule has 1 atom stereocenters. The largest absolute Gasteiger partial charge is 0.503 e. The fraction of sp³-hybridized carbons (Fsp3) is 0.174. The molecule has 9 nitrogen and oxygen atoms in total. The van der Waals surface area contributed by atoms with Crippen molar-refractivity contribution in [3.8, 4) is 5.75 Å². The first kappa shape index (κ1) is 23.6. The Bertz CT molecular complexity index is 1440. The third-order valence-corrected chi connectivity index (χ3v) is 7.42. The zero-order chi connectivity index (χ0) is 24.8. The topological polar surface area (TPSA) is 140 Å². The number of nitrogens with two attached hydrogens (primary N) is 1. The normalized spacial score (nSPS) is 16.3. The smallest absolute Gasteiger partial charge is 0.294 e. The molecule has 1 aromatic heterocycles. The van der Waals surface area contributed by atoms with Crippen LogP contribution in [0.4, 0.5) is 5.69 Å². The maximum Gasteiger partial charge on any atom is 0.294 e. The first-order valence-corrected chi connectivity index (χ1v) is 12.4. The fourth-order valence-electron chi connectivity index (χ4n) is 3.89. The predicted molar refractivity (Wildman–Crippen MR) is 127 cm³/mol. The van der Waals surface area contributed by atoms with Crippen molar-refractivity contribution in [3.63, 3.8) is 0 Å². The molecule has 176 valence electrons. The fourth-order valence-corrected chi connectivity index (χ4v) is 5.28. The van der Waals surface area contributed by atoms with Crippen LogP contribution in [0.3, 0.4) is 0 Å². The molecular weight excluding hydrogens is 478 g/mol. The number of hydrogen-bond acceptors (Lipinski definition) is 8. The van der Waals surface area contributed by atoms with E-state index in [0.717, 1.165) is 0 Å². The zero-order valence-electron chi connectivity index (χ0n) is 18.5. The van der Waals surface area contributed by atoms with Crippen molar-refractivity contribution in [2.75, 3.05) is 12.0 Å². The molecular formula is C23H21N3O6S2. The summed E-state index contributed by atoms with van der Waals surface area (Å²) < 4.78 is 28.6. The van der Waals surface area contributed by atoms with Crippen LogP contribution in [-0.4, -0.2) is 37.3 Å². The molecule has 0 saturated carbocycles. The number of carbonyl (C=O) groups is 2. The average molecular weight is 500 g/mol. The number of thiazole rings is 1. The summed E-state index contributed by atoms with van der Waals surface area (Å²) in [6.45, 7) is 3.46. The third kappa shape index (κ3) is 4.09. The molecule has 1 aliphatic rings. The van der Waals surface area contributed by atoms with Crippen LogP contribution in [0.5, 0.6) is 5.75 Å². The van der Waals surface area contributed by atoms with Crippen molar-refractivity contribution >= 4 is 38.7 Å².